The van der Waals surface area contributed by atoms with Gasteiger partial charge in [0.25, 0.3) is 0 Å². The van der Waals surface area contributed by atoms with E-state index in [4.69, 9.17) is 0 Å². The van der Waals surface area contributed by atoms with E-state index in [1.807, 2.05) is 0 Å². The van der Waals surface area contributed by atoms with Crippen molar-refractivity contribution in [3.8, 4) is 0 Å². The molecule has 0 radical (unpaired) electrons. The van der Waals surface area contributed by atoms with Gasteiger partial charge in [-0.1, -0.05) is 0 Å². The number of benzene rings is 1. The van der Waals surface area contributed by atoms with Crippen molar-refractivity contribution in [2.75, 3.05) is 32.4 Å². The molecule has 2 rings (SSSR count). The minimum atomic E-state index is -3.76. The van der Waals surface area contributed by atoms with Crippen LogP contribution in [0, 0.1) is 5.82 Å². The summed E-state index contributed by atoms with van der Waals surface area (Å²) in [5, 5.41) is 2.46. The van der Waals surface area contributed by atoms with Gasteiger partial charge in [-0.25, -0.2) is 12.8 Å². The van der Waals surface area contributed by atoms with Crippen LogP contribution in [0.4, 0.5) is 4.39 Å². The first kappa shape index (κ1) is 20.8. The van der Waals surface area contributed by atoms with Crippen molar-refractivity contribution in [2.45, 2.75) is 24.3 Å². The Labute approximate surface area is 157 Å². The highest BCUT2D eigenvalue weighted by Crippen LogP contribution is 2.16. The number of hydrogen-bond acceptors (Lipinski definition) is 5. The number of rotatable bonds is 5. The fourth-order valence-corrected chi connectivity index (χ4v) is 4.11. The predicted octanol–water partition coefficient (Wildman–Crippen LogP) is -0.205. The van der Waals surface area contributed by atoms with E-state index in [9.17, 15) is 27.2 Å². The number of amides is 3. The van der Waals surface area contributed by atoms with Crippen LogP contribution in [0.1, 0.15) is 13.3 Å². The number of nitrogens with one attached hydrogen (secondary N) is 1. The second kappa shape index (κ2) is 8.47. The van der Waals surface area contributed by atoms with E-state index in [2.05, 4.69) is 5.32 Å². The second-order valence-electron chi connectivity index (χ2n) is 6.21. The minimum absolute atomic E-state index is 0.0610. The van der Waals surface area contributed by atoms with Crippen LogP contribution in [-0.2, 0) is 24.2 Å². The van der Waals surface area contributed by atoms with Crippen molar-refractivity contribution in [1.29, 1.82) is 0 Å². The third kappa shape index (κ3) is 5.03. The molecule has 0 bridgehead atoms. The zero-order chi connectivity index (χ0) is 20.2. The third-order valence-corrected chi connectivity index (χ3v) is 6.18. The lowest BCUT2D eigenvalue weighted by Crippen LogP contribution is -2.61. The number of halogens is 1. The fourth-order valence-electron chi connectivity index (χ4n) is 2.88. The van der Waals surface area contributed by atoms with Gasteiger partial charge < -0.3 is 15.1 Å². The van der Waals surface area contributed by atoms with Crippen molar-refractivity contribution in [2.24, 2.45) is 0 Å². The maximum absolute atomic E-state index is 13.0. The van der Waals surface area contributed by atoms with Crippen LogP contribution in [0.15, 0.2) is 29.2 Å². The SMILES string of the molecule is CNC(=O)C1CN(C(C)=O)CCN1C(=O)CCS(=O)(=O)c1ccc(F)cc1. The van der Waals surface area contributed by atoms with Crippen LogP contribution in [0.5, 0.6) is 0 Å². The standard InChI is InChI=1S/C17H22FN3O5S/c1-12(22)20-8-9-21(15(11-20)17(24)19-2)16(23)7-10-27(25,26)14-5-3-13(18)4-6-14/h3-6,15H,7-11H2,1-2H3,(H,19,24). The van der Waals surface area contributed by atoms with Gasteiger partial charge in [0.1, 0.15) is 11.9 Å². The molecule has 1 N–H and O–H groups in total. The van der Waals surface area contributed by atoms with E-state index in [-0.39, 0.29) is 36.9 Å². The Balaban J connectivity index is 2.08. The predicted molar refractivity (Wildman–Crippen MR) is 94.9 cm³/mol. The van der Waals surface area contributed by atoms with Crippen molar-refractivity contribution in [3.05, 3.63) is 30.1 Å². The summed E-state index contributed by atoms with van der Waals surface area (Å²) in [7, 11) is -2.33. The average Bonchev–Trinajstić information content (AvgIpc) is 2.65. The Bertz CT molecular complexity index is 825. The molecule has 1 fully saturated rings. The van der Waals surface area contributed by atoms with E-state index >= 15 is 0 Å². The van der Waals surface area contributed by atoms with Gasteiger partial charge in [0.05, 0.1) is 17.2 Å². The molecule has 0 saturated carbocycles. The lowest BCUT2D eigenvalue weighted by Gasteiger charge is -2.40. The molecule has 1 heterocycles. The molecule has 0 aliphatic carbocycles. The van der Waals surface area contributed by atoms with Gasteiger partial charge >= 0.3 is 0 Å². The number of carbonyl (C=O) groups excluding carboxylic acids is 3. The third-order valence-electron chi connectivity index (χ3n) is 4.45. The van der Waals surface area contributed by atoms with E-state index in [1.165, 1.54) is 23.8 Å². The first-order chi connectivity index (χ1) is 12.7. The van der Waals surface area contributed by atoms with Gasteiger partial charge in [0.2, 0.25) is 17.7 Å². The van der Waals surface area contributed by atoms with E-state index < -0.39 is 39.3 Å². The first-order valence-electron chi connectivity index (χ1n) is 8.40. The molecule has 1 aliphatic heterocycles. The van der Waals surface area contributed by atoms with Crippen LogP contribution in [0.2, 0.25) is 0 Å². The maximum Gasteiger partial charge on any atom is 0.244 e. The molecule has 1 unspecified atom stereocenters. The monoisotopic (exact) mass is 399 g/mol. The average molecular weight is 399 g/mol. The zero-order valence-corrected chi connectivity index (χ0v) is 16.0. The molecule has 10 heteroatoms. The molecular weight excluding hydrogens is 377 g/mol. The van der Waals surface area contributed by atoms with E-state index in [1.54, 1.807) is 0 Å². The van der Waals surface area contributed by atoms with Crippen molar-refractivity contribution < 1.29 is 27.2 Å². The molecule has 1 saturated heterocycles. The highest BCUT2D eigenvalue weighted by atomic mass is 32.2. The van der Waals surface area contributed by atoms with Crippen molar-refractivity contribution >= 4 is 27.6 Å². The summed E-state index contributed by atoms with van der Waals surface area (Å²) in [6, 6.07) is 3.50. The summed E-state index contributed by atoms with van der Waals surface area (Å²) in [6.07, 6.45) is -0.312. The van der Waals surface area contributed by atoms with Crippen LogP contribution >= 0.6 is 0 Å². The fraction of sp³-hybridized carbons (Fsp3) is 0.471. The van der Waals surface area contributed by atoms with Gasteiger partial charge in [0, 0.05) is 33.5 Å². The summed E-state index contributed by atoms with van der Waals surface area (Å²) in [6.45, 7) is 1.87. The Kier molecular flexibility index (Phi) is 6.53. The summed E-state index contributed by atoms with van der Waals surface area (Å²) in [4.78, 5) is 38.9. The van der Waals surface area contributed by atoms with Gasteiger partial charge in [-0.2, -0.15) is 0 Å². The Morgan fingerprint density at radius 2 is 1.81 bits per heavy atom. The zero-order valence-electron chi connectivity index (χ0n) is 15.1. The molecule has 1 aromatic rings. The Morgan fingerprint density at radius 1 is 1.19 bits per heavy atom. The summed E-state index contributed by atoms with van der Waals surface area (Å²) >= 11 is 0. The molecule has 1 aromatic carbocycles. The van der Waals surface area contributed by atoms with Gasteiger partial charge in [-0.3, -0.25) is 14.4 Å². The Hall–Kier alpha value is -2.49. The molecule has 27 heavy (non-hydrogen) atoms. The highest BCUT2D eigenvalue weighted by Gasteiger charge is 2.36. The van der Waals surface area contributed by atoms with E-state index in [0.717, 1.165) is 24.3 Å². The second-order valence-corrected chi connectivity index (χ2v) is 8.31. The number of piperazine rings is 1. The van der Waals surface area contributed by atoms with E-state index in [0.29, 0.717) is 0 Å². The molecule has 1 aliphatic rings. The van der Waals surface area contributed by atoms with Gasteiger partial charge in [0.15, 0.2) is 9.84 Å². The topological polar surface area (TPSA) is 104 Å². The number of nitrogens with zero attached hydrogens (tertiary/aromatic N) is 2. The number of sulfone groups is 1. The van der Waals surface area contributed by atoms with Crippen LogP contribution in [0.3, 0.4) is 0 Å². The minimum Gasteiger partial charge on any atom is -0.357 e. The van der Waals surface area contributed by atoms with Crippen molar-refractivity contribution in [3.63, 3.8) is 0 Å². The lowest BCUT2D eigenvalue weighted by atomic mass is 10.1. The van der Waals surface area contributed by atoms with Crippen LogP contribution < -0.4 is 5.32 Å². The normalized spacial score (nSPS) is 17.5. The molecule has 8 nitrogen and oxygen atoms in total. The quantitative estimate of drug-likeness (QED) is 0.691. The smallest absolute Gasteiger partial charge is 0.244 e. The largest absolute Gasteiger partial charge is 0.357 e. The van der Waals surface area contributed by atoms with Crippen molar-refractivity contribution in [1.82, 2.24) is 15.1 Å². The molecule has 0 spiro atoms. The summed E-state index contributed by atoms with van der Waals surface area (Å²) in [5.41, 5.74) is 0. The summed E-state index contributed by atoms with van der Waals surface area (Å²) < 4.78 is 37.6. The lowest BCUT2D eigenvalue weighted by molar-refractivity contribution is -0.147. The first-order valence-corrected chi connectivity index (χ1v) is 10.1. The highest BCUT2D eigenvalue weighted by molar-refractivity contribution is 7.91. The Morgan fingerprint density at radius 3 is 2.37 bits per heavy atom. The maximum atomic E-state index is 13.0. The molecule has 3 amide bonds. The molecule has 148 valence electrons. The number of hydrogen-bond donors (Lipinski definition) is 1. The molecule has 1 atom stereocenters. The van der Waals surface area contributed by atoms with Gasteiger partial charge in [-0.15, -0.1) is 0 Å². The van der Waals surface area contributed by atoms with Crippen LogP contribution in [-0.4, -0.2) is 74.4 Å². The number of likely N-dealkylation sites (N-methyl/N-ethyl adjacent to an activating group) is 1. The van der Waals surface area contributed by atoms with Crippen LogP contribution in [0.25, 0.3) is 0 Å². The molecular formula is C17H22FN3O5S. The number of carbonyl (C=O) groups is 3. The summed E-state index contributed by atoms with van der Waals surface area (Å²) in [5.74, 6) is -2.12. The van der Waals surface area contributed by atoms with Gasteiger partial charge in [-0.05, 0) is 24.3 Å². The molecule has 0 aromatic heterocycles.